The van der Waals surface area contributed by atoms with Crippen LogP contribution in [-0.2, 0) is 16.0 Å². The molecule has 6 heteroatoms. The topological polar surface area (TPSA) is 74.2 Å². The van der Waals surface area contributed by atoms with Gasteiger partial charge in [-0.25, -0.2) is 4.98 Å². The summed E-state index contributed by atoms with van der Waals surface area (Å²) in [5.41, 5.74) is 7.90. The summed E-state index contributed by atoms with van der Waals surface area (Å²) < 4.78 is 12.4. The van der Waals surface area contributed by atoms with Crippen LogP contribution >= 0.6 is 0 Å². The number of nitrogens with zero attached hydrogens (tertiary/aromatic N) is 3. The maximum Gasteiger partial charge on any atom is 0.163 e. The average molecular weight is 518 g/mol. The van der Waals surface area contributed by atoms with Gasteiger partial charge >= 0.3 is 0 Å². The highest BCUT2D eigenvalue weighted by Crippen LogP contribution is 2.45. The summed E-state index contributed by atoms with van der Waals surface area (Å²) in [5.74, 6) is 0.794. The summed E-state index contributed by atoms with van der Waals surface area (Å²) >= 11 is 0. The van der Waals surface area contributed by atoms with E-state index in [1.165, 1.54) is 5.56 Å². The van der Waals surface area contributed by atoms with E-state index >= 15 is 0 Å². The molecule has 1 atom stereocenters. The van der Waals surface area contributed by atoms with Crippen molar-refractivity contribution in [1.82, 2.24) is 15.0 Å². The van der Waals surface area contributed by atoms with Crippen LogP contribution in [0.15, 0.2) is 67.1 Å². The molecule has 5 aromatic rings. The highest BCUT2D eigenvalue weighted by Gasteiger charge is 2.31. The van der Waals surface area contributed by atoms with Crippen LogP contribution in [-0.4, -0.2) is 32.9 Å². The molecule has 1 aliphatic heterocycles. The molecule has 0 radical (unpaired) electrons. The van der Waals surface area contributed by atoms with Gasteiger partial charge in [-0.05, 0) is 99.3 Å². The van der Waals surface area contributed by atoms with E-state index in [9.17, 15) is 4.79 Å². The largest absolute Gasteiger partial charge is 0.493 e. The first-order valence-corrected chi connectivity index (χ1v) is 13.3. The molecule has 0 N–H and O–H groups in total. The van der Waals surface area contributed by atoms with Gasteiger partial charge in [-0.2, -0.15) is 0 Å². The van der Waals surface area contributed by atoms with Crippen LogP contribution < -0.4 is 4.74 Å². The maximum atomic E-state index is 13.2. The summed E-state index contributed by atoms with van der Waals surface area (Å²) in [6, 6.07) is 16.2. The van der Waals surface area contributed by atoms with Crippen molar-refractivity contribution in [3.63, 3.8) is 0 Å². The fraction of sp³-hybridized carbons (Fsp3) is 0.273. The van der Waals surface area contributed by atoms with Gasteiger partial charge < -0.3 is 9.47 Å². The molecule has 39 heavy (non-hydrogen) atoms. The second-order valence-corrected chi connectivity index (χ2v) is 11.1. The number of fused-ring (bicyclic) bond motifs is 1. The van der Waals surface area contributed by atoms with E-state index in [2.05, 4.69) is 29.2 Å². The van der Waals surface area contributed by atoms with E-state index in [0.29, 0.717) is 6.61 Å². The average Bonchev–Trinajstić information content (AvgIpc) is 2.91. The number of pyridine rings is 3. The second-order valence-electron chi connectivity index (χ2n) is 11.1. The minimum atomic E-state index is -0.744. The smallest absolute Gasteiger partial charge is 0.163 e. The number of benzene rings is 2. The van der Waals surface area contributed by atoms with Gasteiger partial charge in [0.25, 0.3) is 0 Å². The number of ketones is 1. The molecule has 196 valence electrons. The molecule has 0 aliphatic carbocycles. The van der Waals surface area contributed by atoms with Crippen LogP contribution in [0.2, 0.25) is 0 Å². The number of hydrogen-bond donors (Lipinski definition) is 0. The molecule has 4 heterocycles. The van der Waals surface area contributed by atoms with Crippen LogP contribution in [0.5, 0.6) is 5.75 Å². The fourth-order valence-electron chi connectivity index (χ4n) is 5.54. The zero-order valence-corrected chi connectivity index (χ0v) is 22.9. The summed E-state index contributed by atoms with van der Waals surface area (Å²) in [6.45, 7) is 10.2. The van der Waals surface area contributed by atoms with Crippen molar-refractivity contribution in [3.8, 4) is 28.1 Å². The monoisotopic (exact) mass is 517 g/mol. The third kappa shape index (κ3) is 4.55. The van der Waals surface area contributed by atoms with Crippen LogP contribution in [0.3, 0.4) is 0 Å². The number of Topliss-reactive ketones (excluding diaryl/α,β-unsaturated/α-hetero) is 1. The van der Waals surface area contributed by atoms with Gasteiger partial charge in [0.15, 0.2) is 5.78 Å². The number of carbonyl (C=O) groups excluding carboxylic acids is 1. The first-order chi connectivity index (χ1) is 18.7. The van der Waals surface area contributed by atoms with Gasteiger partial charge in [0.05, 0.1) is 28.9 Å². The van der Waals surface area contributed by atoms with E-state index < -0.39 is 11.7 Å². The molecule has 3 aromatic heterocycles. The lowest BCUT2D eigenvalue weighted by atomic mass is 9.85. The summed E-state index contributed by atoms with van der Waals surface area (Å²) in [6.07, 6.45) is 5.49. The van der Waals surface area contributed by atoms with Crippen molar-refractivity contribution in [3.05, 3.63) is 83.8 Å². The predicted molar refractivity (Wildman–Crippen MR) is 154 cm³/mol. The van der Waals surface area contributed by atoms with Crippen molar-refractivity contribution in [2.75, 3.05) is 6.61 Å². The van der Waals surface area contributed by atoms with Crippen LogP contribution in [0.25, 0.3) is 44.2 Å². The van der Waals surface area contributed by atoms with Crippen molar-refractivity contribution >= 4 is 27.6 Å². The molecule has 0 saturated carbocycles. The molecule has 0 spiro atoms. The van der Waals surface area contributed by atoms with Gasteiger partial charge in [0.2, 0.25) is 0 Å². The number of ether oxygens (including phenoxy) is 2. The zero-order valence-electron chi connectivity index (χ0n) is 22.9. The molecule has 0 amide bonds. The molecule has 6 nitrogen and oxygen atoms in total. The van der Waals surface area contributed by atoms with Gasteiger partial charge in [-0.3, -0.25) is 14.8 Å². The highest BCUT2D eigenvalue weighted by molar-refractivity contribution is 6.08. The molecule has 0 bridgehead atoms. The SMILES string of the molecule is CC(=O)[C@@H](OC(C)(C)C)c1c(C)cc2nc(-c3ccncc3)ccc2c1-c1ccc2c3c(ccnc13)CCO2. The Labute approximate surface area is 228 Å². The van der Waals surface area contributed by atoms with Crippen molar-refractivity contribution in [1.29, 1.82) is 0 Å². The van der Waals surface area contributed by atoms with E-state index in [1.54, 1.807) is 19.3 Å². The Balaban J connectivity index is 1.70. The van der Waals surface area contributed by atoms with Crippen LogP contribution in [0.4, 0.5) is 0 Å². The quantitative estimate of drug-likeness (QED) is 0.245. The second kappa shape index (κ2) is 9.54. The van der Waals surface area contributed by atoms with Gasteiger partial charge in [0.1, 0.15) is 11.9 Å². The third-order valence-corrected chi connectivity index (χ3v) is 7.16. The van der Waals surface area contributed by atoms with Crippen molar-refractivity contribution < 1.29 is 14.3 Å². The molecule has 0 fully saturated rings. The lowest BCUT2D eigenvalue weighted by Gasteiger charge is -2.30. The lowest BCUT2D eigenvalue weighted by Crippen LogP contribution is -2.27. The van der Waals surface area contributed by atoms with E-state index in [4.69, 9.17) is 19.4 Å². The molecule has 1 aliphatic rings. The third-order valence-electron chi connectivity index (χ3n) is 7.16. The number of hydrogen-bond acceptors (Lipinski definition) is 6. The highest BCUT2D eigenvalue weighted by atomic mass is 16.5. The maximum absolute atomic E-state index is 13.2. The summed E-state index contributed by atoms with van der Waals surface area (Å²) in [5, 5.41) is 1.97. The van der Waals surface area contributed by atoms with Crippen molar-refractivity contribution in [2.45, 2.75) is 52.7 Å². The normalized spacial score (nSPS) is 13.9. The zero-order chi connectivity index (χ0) is 27.3. The Kier molecular flexibility index (Phi) is 6.15. The minimum Gasteiger partial charge on any atom is -0.493 e. The Morgan fingerprint density at radius 1 is 1.03 bits per heavy atom. The molecule has 0 unspecified atom stereocenters. The van der Waals surface area contributed by atoms with E-state index in [1.807, 2.05) is 58.2 Å². The molecule has 2 aromatic carbocycles. The molecule has 0 saturated heterocycles. The Hall–Kier alpha value is -4.16. The predicted octanol–water partition coefficient (Wildman–Crippen LogP) is 7.20. The summed E-state index contributed by atoms with van der Waals surface area (Å²) in [4.78, 5) is 27.2. The molecular formula is C33H31N3O3. The number of aromatic nitrogens is 3. The van der Waals surface area contributed by atoms with E-state index in [-0.39, 0.29) is 5.78 Å². The molecular weight excluding hydrogens is 486 g/mol. The Morgan fingerprint density at radius 3 is 2.56 bits per heavy atom. The number of carbonyl (C=O) groups is 1. The first kappa shape index (κ1) is 25.1. The number of rotatable bonds is 5. The van der Waals surface area contributed by atoms with Gasteiger partial charge in [-0.15, -0.1) is 0 Å². The first-order valence-electron chi connectivity index (χ1n) is 13.3. The van der Waals surface area contributed by atoms with Crippen LogP contribution in [0.1, 0.15) is 50.5 Å². The van der Waals surface area contributed by atoms with E-state index in [0.717, 1.165) is 67.5 Å². The summed E-state index contributed by atoms with van der Waals surface area (Å²) in [7, 11) is 0. The minimum absolute atomic E-state index is 0.0472. The van der Waals surface area contributed by atoms with Crippen molar-refractivity contribution in [2.24, 2.45) is 0 Å². The Morgan fingerprint density at radius 2 is 1.82 bits per heavy atom. The number of aryl methyl sites for hydroxylation is 1. The lowest BCUT2D eigenvalue weighted by molar-refractivity contribution is -0.138. The van der Waals surface area contributed by atoms with Gasteiger partial charge in [0, 0.05) is 46.9 Å². The Bertz CT molecular complexity index is 1730. The van der Waals surface area contributed by atoms with Crippen LogP contribution in [0, 0.1) is 6.92 Å². The fourth-order valence-corrected chi connectivity index (χ4v) is 5.54. The van der Waals surface area contributed by atoms with Gasteiger partial charge in [-0.1, -0.05) is 6.07 Å². The standard InChI is InChI=1S/C33H31N3O3/c1-19-18-26-23(6-8-25(36-26)21-10-14-34-15-11-21)30(28(19)32(20(2)37)39-33(3,4)5)24-7-9-27-29-22(13-17-38-27)12-16-35-31(24)29/h6-12,14-16,18,32H,13,17H2,1-5H3/t32-/m1/s1. The molecule has 6 rings (SSSR count).